The van der Waals surface area contributed by atoms with Gasteiger partial charge in [-0.2, -0.15) is 0 Å². The van der Waals surface area contributed by atoms with Crippen molar-refractivity contribution in [3.8, 4) is 0 Å². The summed E-state index contributed by atoms with van der Waals surface area (Å²) in [5, 5.41) is 6.32. The van der Waals surface area contributed by atoms with Crippen molar-refractivity contribution in [2.75, 3.05) is 12.4 Å². The van der Waals surface area contributed by atoms with Gasteiger partial charge in [0.1, 0.15) is 0 Å². The molecule has 2 aromatic rings. The lowest BCUT2D eigenvalue weighted by molar-refractivity contribution is -0.140. The molecule has 0 radical (unpaired) electrons. The Hall–Kier alpha value is -1.40. The first kappa shape index (κ1) is 16.0. The van der Waals surface area contributed by atoms with Crippen LogP contribution in [0.1, 0.15) is 40.4 Å². The van der Waals surface area contributed by atoms with Gasteiger partial charge in [-0.25, -0.2) is 4.98 Å². The van der Waals surface area contributed by atoms with E-state index < -0.39 is 0 Å². The lowest BCUT2D eigenvalue weighted by atomic mass is 10.1. The monoisotopic (exact) mass is 324 g/mol. The van der Waals surface area contributed by atoms with Crippen molar-refractivity contribution in [3.05, 3.63) is 32.5 Å². The predicted molar refractivity (Wildman–Crippen MR) is 88.3 cm³/mol. The summed E-state index contributed by atoms with van der Waals surface area (Å²) in [5.41, 5.74) is 2.25. The molecule has 0 spiro atoms. The molecule has 2 rings (SSSR count). The normalized spacial score (nSPS) is 12.2. The van der Waals surface area contributed by atoms with E-state index in [4.69, 9.17) is 0 Å². The number of hydrogen-bond acceptors (Lipinski definition) is 6. The smallest absolute Gasteiger partial charge is 0.305 e. The molecular formula is C15H20N2O2S2. The van der Waals surface area contributed by atoms with E-state index in [2.05, 4.69) is 41.9 Å². The van der Waals surface area contributed by atoms with E-state index in [0.29, 0.717) is 12.8 Å². The zero-order valence-corrected chi connectivity index (χ0v) is 14.4. The SMILES string of the molecule is COC(=O)CCc1csc(NC(C)c2cc(C)sc2C)n1. The summed E-state index contributed by atoms with van der Waals surface area (Å²) in [6.45, 7) is 6.42. The fourth-order valence-electron chi connectivity index (χ4n) is 2.16. The third-order valence-electron chi connectivity index (χ3n) is 3.25. The van der Waals surface area contributed by atoms with E-state index in [1.165, 1.54) is 22.4 Å². The van der Waals surface area contributed by atoms with Gasteiger partial charge in [-0.3, -0.25) is 4.79 Å². The number of aryl methyl sites for hydroxylation is 3. The molecule has 4 nitrogen and oxygen atoms in total. The number of thiazole rings is 1. The Kier molecular flexibility index (Phi) is 5.36. The lowest BCUT2D eigenvalue weighted by Gasteiger charge is -2.12. The van der Waals surface area contributed by atoms with Gasteiger partial charge in [-0.15, -0.1) is 22.7 Å². The van der Waals surface area contributed by atoms with Crippen molar-refractivity contribution in [2.24, 2.45) is 0 Å². The molecule has 0 aliphatic carbocycles. The number of carbonyl (C=O) groups excluding carboxylic acids is 1. The highest BCUT2D eigenvalue weighted by Gasteiger charge is 2.13. The van der Waals surface area contributed by atoms with E-state index in [9.17, 15) is 4.79 Å². The van der Waals surface area contributed by atoms with Gasteiger partial charge in [-0.1, -0.05) is 0 Å². The van der Waals surface area contributed by atoms with Crippen LogP contribution in [-0.2, 0) is 16.0 Å². The van der Waals surface area contributed by atoms with Crippen LogP contribution in [0.25, 0.3) is 0 Å². The first-order valence-corrected chi connectivity index (χ1v) is 8.54. The number of carbonyl (C=O) groups is 1. The number of thiophene rings is 1. The molecule has 114 valence electrons. The van der Waals surface area contributed by atoms with Gasteiger partial charge in [0.05, 0.1) is 25.3 Å². The summed E-state index contributed by atoms with van der Waals surface area (Å²) in [5.74, 6) is -0.199. The molecule has 0 bridgehead atoms. The molecular weight excluding hydrogens is 304 g/mol. The first-order valence-electron chi connectivity index (χ1n) is 6.84. The van der Waals surface area contributed by atoms with Crippen molar-refractivity contribution < 1.29 is 9.53 Å². The Morgan fingerprint density at radius 3 is 2.86 bits per heavy atom. The molecule has 1 N–H and O–H groups in total. The lowest BCUT2D eigenvalue weighted by Crippen LogP contribution is -2.07. The van der Waals surface area contributed by atoms with Crippen LogP contribution in [0, 0.1) is 13.8 Å². The summed E-state index contributed by atoms with van der Waals surface area (Å²) < 4.78 is 4.64. The number of ether oxygens (including phenoxy) is 1. The van der Waals surface area contributed by atoms with E-state index >= 15 is 0 Å². The van der Waals surface area contributed by atoms with Gasteiger partial charge < -0.3 is 10.1 Å². The molecule has 2 aromatic heterocycles. The third-order valence-corrected chi connectivity index (χ3v) is 5.05. The Morgan fingerprint density at radius 1 is 1.48 bits per heavy atom. The number of aromatic nitrogens is 1. The number of nitrogens with one attached hydrogen (secondary N) is 1. The van der Waals surface area contributed by atoms with Crippen molar-refractivity contribution in [1.29, 1.82) is 0 Å². The van der Waals surface area contributed by atoms with Crippen molar-refractivity contribution >= 4 is 33.8 Å². The second-order valence-corrected chi connectivity index (χ2v) is 7.27. The molecule has 0 saturated heterocycles. The van der Waals surface area contributed by atoms with E-state index in [1.54, 1.807) is 11.3 Å². The Bertz CT molecular complexity index is 619. The average Bonchev–Trinajstić information content (AvgIpc) is 3.02. The van der Waals surface area contributed by atoms with E-state index in [0.717, 1.165) is 10.8 Å². The molecule has 2 heterocycles. The first-order chi connectivity index (χ1) is 9.99. The summed E-state index contributed by atoms with van der Waals surface area (Å²) in [7, 11) is 1.41. The Balaban J connectivity index is 1.95. The quantitative estimate of drug-likeness (QED) is 0.813. The van der Waals surface area contributed by atoms with Gasteiger partial charge in [0, 0.05) is 21.6 Å². The van der Waals surface area contributed by atoms with Crippen LogP contribution in [0.3, 0.4) is 0 Å². The van der Waals surface area contributed by atoms with Crippen LogP contribution >= 0.6 is 22.7 Å². The number of anilines is 1. The summed E-state index contributed by atoms with van der Waals surface area (Å²) in [6, 6.07) is 2.46. The van der Waals surface area contributed by atoms with E-state index in [-0.39, 0.29) is 12.0 Å². The maximum Gasteiger partial charge on any atom is 0.305 e. The maximum absolute atomic E-state index is 11.1. The maximum atomic E-state index is 11.1. The summed E-state index contributed by atoms with van der Waals surface area (Å²) in [4.78, 5) is 18.3. The minimum Gasteiger partial charge on any atom is -0.469 e. The molecule has 0 aromatic carbocycles. The summed E-state index contributed by atoms with van der Waals surface area (Å²) in [6.07, 6.45) is 0.994. The molecule has 0 saturated carbocycles. The van der Waals surface area contributed by atoms with Gasteiger partial charge >= 0.3 is 5.97 Å². The van der Waals surface area contributed by atoms with Crippen LogP contribution in [0.4, 0.5) is 5.13 Å². The molecule has 21 heavy (non-hydrogen) atoms. The number of esters is 1. The fraction of sp³-hybridized carbons (Fsp3) is 0.467. The molecule has 1 unspecified atom stereocenters. The highest BCUT2D eigenvalue weighted by molar-refractivity contribution is 7.13. The molecule has 0 aliphatic rings. The van der Waals surface area contributed by atoms with Crippen LogP contribution < -0.4 is 5.32 Å². The average molecular weight is 324 g/mol. The fourth-order valence-corrected chi connectivity index (χ4v) is 4.02. The molecule has 0 fully saturated rings. The highest BCUT2D eigenvalue weighted by Crippen LogP contribution is 2.29. The molecule has 1 atom stereocenters. The van der Waals surface area contributed by atoms with Crippen LogP contribution in [0.2, 0.25) is 0 Å². The molecule has 0 amide bonds. The Labute approximate surface area is 133 Å². The minimum absolute atomic E-state index is 0.199. The van der Waals surface area contributed by atoms with Gasteiger partial charge in [0.15, 0.2) is 5.13 Å². The van der Waals surface area contributed by atoms with Crippen LogP contribution in [-0.4, -0.2) is 18.1 Å². The largest absolute Gasteiger partial charge is 0.469 e. The summed E-state index contributed by atoms with van der Waals surface area (Å²) >= 11 is 3.39. The van der Waals surface area contributed by atoms with Crippen LogP contribution in [0.15, 0.2) is 11.4 Å². The molecule has 0 aliphatic heterocycles. The molecule has 6 heteroatoms. The number of methoxy groups -OCH3 is 1. The predicted octanol–water partition coefficient (Wildman–Crippen LogP) is 4.10. The van der Waals surface area contributed by atoms with Gasteiger partial charge in [-0.05, 0) is 32.4 Å². The minimum atomic E-state index is -0.199. The van der Waals surface area contributed by atoms with Crippen molar-refractivity contribution in [2.45, 2.75) is 39.7 Å². The van der Waals surface area contributed by atoms with Crippen molar-refractivity contribution in [3.63, 3.8) is 0 Å². The zero-order valence-electron chi connectivity index (χ0n) is 12.7. The number of hydrogen-bond donors (Lipinski definition) is 1. The van der Waals surface area contributed by atoms with Crippen molar-refractivity contribution in [1.82, 2.24) is 4.98 Å². The zero-order chi connectivity index (χ0) is 15.4. The number of nitrogens with zero attached hydrogens (tertiary/aromatic N) is 1. The Morgan fingerprint density at radius 2 is 2.24 bits per heavy atom. The second-order valence-electron chi connectivity index (χ2n) is 4.95. The van der Waals surface area contributed by atoms with Gasteiger partial charge in [0.25, 0.3) is 0 Å². The number of rotatable bonds is 6. The standard InChI is InChI=1S/C15H20N2O2S2/c1-9-7-13(11(3)21-9)10(2)16-15-17-12(8-20-15)5-6-14(18)19-4/h7-8,10H,5-6H2,1-4H3,(H,16,17). The van der Waals surface area contributed by atoms with Gasteiger partial charge in [0.2, 0.25) is 0 Å². The highest BCUT2D eigenvalue weighted by atomic mass is 32.1. The third kappa shape index (κ3) is 4.28. The topological polar surface area (TPSA) is 51.2 Å². The van der Waals surface area contributed by atoms with Crippen LogP contribution in [0.5, 0.6) is 0 Å². The second kappa shape index (κ2) is 7.04. The van der Waals surface area contributed by atoms with E-state index in [1.807, 2.05) is 16.7 Å².